The maximum atomic E-state index is 12.5. The maximum Gasteiger partial charge on any atom is 0.306 e. The summed E-state index contributed by atoms with van der Waals surface area (Å²) in [5.41, 5.74) is 0. The van der Waals surface area contributed by atoms with Crippen LogP contribution in [0.1, 0.15) is 247 Å². The zero-order chi connectivity index (χ0) is 38.3. The second-order valence-electron chi connectivity index (χ2n) is 16.4. The van der Waals surface area contributed by atoms with Crippen molar-refractivity contribution in [2.75, 3.05) is 13.2 Å². The third kappa shape index (κ3) is 38.1. The first-order valence-corrected chi connectivity index (χ1v) is 22.8. The number of unbranched alkanes of at least 4 members (excludes halogenated alkanes) is 24. The molecule has 0 bridgehead atoms. The van der Waals surface area contributed by atoms with Crippen molar-refractivity contribution in [3.8, 4) is 0 Å². The predicted octanol–water partition coefficient (Wildman–Crippen LogP) is 14.2. The first-order chi connectivity index (χ1) is 25.3. The summed E-state index contributed by atoms with van der Waals surface area (Å²) in [5, 5.41) is 0. The Kier molecular flexibility index (Phi) is 37.9. The Bertz CT molecular complexity index is 796. The van der Waals surface area contributed by atoms with Crippen molar-refractivity contribution in [2.45, 2.75) is 253 Å². The minimum Gasteiger partial charge on any atom is -0.462 e. The summed E-state index contributed by atoms with van der Waals surface area (Å²) in [5.74, 6) is 0.820. The van der Waals surface area contributed by atoms with E-state index in [1.54, 1.807) is 0 Å². The molecule has 6 heteroatoms. The molecular formula is C46H88O6. The van der Waals surface area contributed by atoms with Crippen LogP contribution in [0.15, 0.2) is 0 Å². The average Bonchev–Trinajstić information content (AvgIpc) is 3.12. The molecule has 0 heterocycles. The van der Waals surface area contributed by atoms with Gasteiger partial charge in [-0.2, -0.15) is 0 Å². The molecule has 52 heavy (non-hydrogen) atoms. The van der Waals surface area contributed by atoms with E-state index in [1.165, 1.54) is 128 Å². The molecule has 0 N–H and O–H groups in total. The highest BCUT2D eigenvalue weighted by molar-refractivity contribution is 5.71. The van der Waals surface area contributed by atoms with Gasteiger partial charge in [0, 0.05) is 19.3 Å². The van der Waals surface area contributed by atoms with Gasteiger partial charge < -0.3 is 14.2 Å². The lowest BCUT2D eigenvalue weighted by molar-refractivity contribution is -0.167. The second kappa shape index (κ2) is 39.1. The minimum atomic E-state index is -0.758. The van der Waals surface area contributed by atoms with Crippen LogP contribution in [0.5, 0.6) is 0 Å². The Balaban J connectivity index is 4.12. The van der Waals surface area contributed by atoms with Gasteiger partial charge in [-0.05, 0) is 31.1 Å². The molecule has 2 atom stereocenters. The summed E-state index contributed by atoms with van der Waals surface area (Å²) < 4.78 is 16.6. The molecule has 0 radical (unpaired) electrons. The van der Waals surface area contributed by atoms with Gasteiger partial charge >= 0.3 is 17.9 Å². The van der Waals surface area contributed by atoms with E-state index in [0.29, 0.717) is 19.3 Å². The molecule has 0 aromatic carbocycles. The molecule has 308 valence electrons. The second-order valence-corrected chi connectivity index (χ2v) is 16.4. The van der Waals surface area contributed by atoms with Crippen molar-refractivity contribution >= 4 is 17.9 Å². The molecule has 0 aromatic heterocycles. The van der Waals surface area contributed by atoms with Crippen molar-refractivity contribution < 1.29 is 28.6 Å². The van der Waals surface area contributed by atoms with Crippen LogP contribution in [0.3, 0.4) is 0 Å². The average molecular weight is 737 g/mol. The van der Waals surface area contributed by atoms with Crippen LogP contribution in [0.2, 0.25) is 0 Å². The zero-order valence-electron chi connectivity index (χ0n) is 35.4. The number of carbonyl (C=O) groups is 3. The van der Waals surface area contributed by atoms with Crippen LogP contribution >= 0.6 is 0 Å². The van der Waals surface area contributed by atoms with E-state index in [1.807, 2.05) is 0 Å². The molecule has 0 aromatic rings. The van der Waals surface area contributed by atoms with Crippen LogP contribution in [0.25, 0.3) is 0 Å². The fraction of sp³-hybridized carbons (Fsp3) is 0.935. The van der Waals surface area contributed by atoms with Gasteiger partial charge in [0.15, 0.2) is 6.10 Å². The SMILES string of the molecule is CCCCCCCC(=O)O[C@@H](COC(=O)CCCCCCCCCCCCCCCCC(C)C)COC(=O)CCCCCCCCCCC(C)CC. The van der Waals surface area contributed by atoms with Gasteiger partial charge in [-0.15, -0.1) is 0 Å². The summed E-state index contributed by atoms with van der Waals surface area (Å²) in [6.07, 6.45) is 36.9. The van der Waals surface area contributed by atoms with Crippen molar-refractivity contribution in [3.05, 3.63) is 0 Å². The first-order valence-electron chi connectivity index (χ1n) is 22.8. The summed E-state index contributed by atoms with van der Waals surface area (Å²) in [6.45, 7) is 11.3. The van der Waals surface area contributed by atoms with Crippen molar-refractivity contribution in [3.63, 3.8) is 0 Å². The Labute approximate surface area is 323 Å². The van der Waals surface area contributed by atoms with E-state index in [0.717, 1.165) is 76.0 Å². The summed E-state index contributed by atoms with van der Waals surface area (Å²) in [4.78, 5) is 37.4. The van der Waals surface area contributed by atoms with E-state index < -0.39 is 6.10 Å². The van der Waals surface area contributed by atoms with Gasteiger partial charge in [0.2, 0.25) is 0 Å². The molecule has 0 aliphatic heterocycles. The lowest BCUT2D eigenvalue weighted by Gasteiger charge is -2.18. The smallest absolute Gasteiger partial charge is 0.306 e. The number of ether oxygens (including phenoxy) is 3. The van der Waals surface area contributed by atoms with Gasteiger partial charge in [-0.3, -0.25) is 14.4 Å². The highest BCUT2D eigenvalue weighted by atomic mass is 16.6. The monoisotopic (exact) mass is 737 g/mol. The molecular weight excluding hydrogens is 649 g/mol. The lowest BCUT2D eigenvalue weighted by atomic mass is 9.99. The van der Waals surface area contributed by atoms with Gasteiger partial charge in [0.1, 0.15) is 13.2 Å². The lowest BCUT2D eigenvalue weighted by Crippen LogP contribution is -2.30. The zero-order valence-corrected chi connectivity index (χ0v) is 35.4. The molecule has 0 amide bonds. The number of carbonyl (C=O) groups excluding carboxylic acids is 3. The number of hydrogen-bond donors (Lipinski definition) is 0. The summed E-state index contributed by atoms with van der Waals surface area (Å²) >= 11 is 0. The summed E-state index contributed by atoms with van der Waals surface area (Å²) in [6, 6.07) is 0. The minimum absolute atomic E-state index is 0.0663. The van der Waals surface area contributed by atoms with Gasteiger partial charge in [-0.25, -0.2) is 0 Å². The molecule has 1 unspecified atom stereocenters. The summed E-state index contributed by atoms with van der Waals surface area (Å²) in [7, 11) is 0. The highest BCUT2D eigenvalue weighted by Gasteiger charge is 2.19. The number of hydrogen-bond acceptors (Lipinski definition) is 6. The van der Waals surface area contributed by atoms with E-state index in [2.05, 4.69) is 34.6 Å². The molecule has 0 rings (SSSR count). The molecule has 0 saturated carbocycles. The van der Waals surface area contributed by atoms with Crippen LogP contribution in [0, 0.1) is 11.8 Å². The largest absolute Gasteiger partial charge is 0.462 e. The van der Waals surface area contributed by atoms with Gasteiger partial charge in [0.05, 0.1) is 0 Å². The van der Waals surface area contributed by atoms with E-state index in [9.17, 15) is 14.4 Å². The Morgan fingerprint density at radius 1 is 0.404 bits per heavy atom. The fourth-order valence-corrected chi connectivity index (χ4v) is 6.72. The third-order valence-corrected chi connectivity index (χ3v) is 10.6. The van der Waals surface area contributed by atoms with Crippen molar-refractivity contribution in [1.82, 2.24) is 0 Å². The third-order valence-electron chi connectivity index (χ3n) is 10.6. The molecule has 0 saturated heterocycles. The van der Waals surface area contributed by atoms with Crippen molar-refractivity contribution in [2.24, 2.45) is 11.8 Å². The van der Waals surface area contributed by atoms with E-state index >= 15 is 0 Å². The quantitative estimate of drug-likeness (QED) is 0.0354. The van der Waals surface area contributed by atoms with Gasteiger partial charge in [0.25, 0.3) is 0 Å². The first kappa shape index (κ1) is 50.4. The fourth-order valence-electron chi connectivity index (χ4n) is 6.72. The topological polar surface area (TPSA) is 78.9 Å². The van der Waals surface area contributed by atoms with Crippen LogP contribution in [0.4, 0.5) is 0 Å². The Hall–Kier alpha value is -1.59. The van der Waals surface area contributed by atoms with Gasteiger partial charge in [-0.1, -0.05) is 208 Å². The van der Waals surface area contributed by atoms with Crippen LogP contribution < -0.4 is 0 Å². The maximum absolute atomic E-state index is 12.5. The van der Waals surface area contributed by atoms with Crippen LogP contribution in [-0.4, -0.2) is 37.2 Å². The number of rotatable bonds is 40. The van der Waals surface area contributed by atoms with Crippen LogP contribution in [-0.2, 0) is 28.6 Å². The Morgan fingerprint density at radius 2 is 0.731 bits per heavy atom. The molecule has 0 fully saturated rings. The normalized spacial score (nSPS) is 12.6. The molecule has 6 nitrogen and oxygen atoms in total. The number of esters is 3. The molecule has 0 aliphatic carbocycles. The van der Waals surface area contributed by atoms with E-state index in [-0.39, 0.29) is 31.1 Å². The highest BCUT2D eigenvalue weighted by Crippen LogP contribution is 2.17. The predicted molar refractivity (Wildman–Crippen MR) is 220 cm³/mol. The molecule has 0 spiro atoms. The standard InChI is InChI=1S/C46H88O6/c1-6-8-9-24-33-38-46(49)52-43(40-51-45(48)37-32-28-23-19-18-21-26-30-35-42(5)7-2)39-50-44(47)36-31-27-22-17-15-13-11-10-12-14-16-20-25-29-34-41(3)4/h41-43H,6-40H2,1-5H3/t42?,43-/m0/s1. The Morgan fingerprint density at radius 3 is 1.10 bits per heavy atom. The molecule has 0 aliphatic rings. The van der Waals surface area contributed by atoms with Crippen molar-refractivity contribution in [1.29, 1.82) is 0 Å². The van der Waals surface area contributed by atoms with E-state index in [4.69, 9.17) is 14.2 Å².